The lowest BCUT2D eigenvalue weighted by atomic mass is 9.93. The Kier molecular flexibility index (Phi) is 8.90. The monoisotopic (exact) mass is 707 g/mol. The van der Waals surface area contributed by atoms with Crippen molar-refractivity contribution < 1.29 is 19.4 Å². The Morgan fingerprint density at radius 2 is 1.77 bits per heavy atom. The Labute approximate surface area is 307 Å². The number of likely N-dealkylation sites (tertiary alicyclic amines) is 2. The maximum Gasteiger partial charge on any atom is 0.307 e. The minimum atomic E-state index is -0.767. The Morgan fingerprint density at radius 1 is 1.00 bits per heavy atom. The molecule has 3 N–H and O–H groups in total. The third kappa shape index (κ3) is 6.84. The van der Waals surface area contributed by atoms with Gasteiger partial charge in [-0.2, -0.15) is 5.26 Å². The summed E-state index contributed by atoms with van der Waals surface area (Å²) in [4.78, 5) is 30.2. The van der Waals surface area contributed by atoms with Crippen molar-refractivity contribution in [1.29, 1.82) is 5.26 Å². The number of nitrogens with one attached hydrogen (secondary N) is 1. The van der Waals surface area contributed by atoms with Gasteiger partial charge in [-0.05, 0) is 110 Å². The Bertz CT molecular complexity index is 2430. The lowest BCUT2D eigenvalue weighted by Crippen LogP contribution is -2.29. The quantitative estimate of drug-likeness (QED) is 0.140. The lowest BCUT2D eigenvalue weighted by Gasteiger charge is -2.19. The number of benzene rings is 3. The second kappa shape index (κ2) is 13.7. The number of hydrogen-bond acceptors (Lipinski definition) is 10. The number of aliphatic carboxylic acids is 1. The minimum absolute atomic E-state index is 0.366. The summed E-state index contributed by atoms with van der Waals surface area (Å²) in [5.74, 6) is -0.0198. The number of oxazole rings is 1. The van der Waals surface area contributed by atoms with Gasteiger partial charge in [0.25, 0.3) is 0 Å². The third-order valence-electron chi connectivity index (χ3n) is 10.7. The normalized spacial score (nSPS) is 19.3. The van der Waals surface area contributed by atoms with Crippen LogP contribution in [-0.2, 0) is 17.9 Å². The van der Waals surface area contributed by atoms with Crippen LogP contribution in [0.1, 0.15) is 47.6 Å². The molecule has 0 unspecified atom stereocenters. The zero-order valence-corrected chi connectivity index (χ0v) is 30.1. The number of nitrogens with zero attached hydrogens (tertiary/aromatic N) is 6. The Hall–Kier alpha value is -5.67. The molecule has 2 fully saturated rings. The Balaban J connectivity index is 1.06. The average molecular weight is 708 g/mol. The fraction of sp³-hybridized carbons (Fsp3) is 0.310. The zero-order chi connectivity index (χ0) is 36.9. The molecule has 0 saturated carbocycles. The van der Waals surface area contributed by atoms with Crippen LogP contribution in [0, 0.1) is 31.1 Å². The van der Waals surface area contributed by atoms with Crippen LogP contribution in [0.25, 0.3) is 44.6 Å². The van der Waals surface area contributed by atoms with Gasteiger partial charge >= 0.3 is 5.97 Å². The molecule has 0 amide bonds. The highest BCUT2D eigenvalue weighted by molar-refractivity contribution is 5.91. The average Bonchev–Trinajstić information content (AvgIpc) is 3.87. The number of carboxylic acid groups (broad SMARTS) is 1. The van der Waals surface area contributed by atoms with Crippen molar-refractivity contribution in [3.05, 3.63) is 101 Å². The molecule has 2 aliphatic rings. The fourth-order valence-electron chi connectivity index (χ4n) is 7.88. The maximum atomic E-state index is 11.5. The van der Waals surface area contributed by atoms with E-state index in [0.717, 1.165) is 75.0 Å². The molecule has 11 nitrogen and oxygen atoms in total. The van der Waals surface area contributed by atoms with E-state index in [-0.39, 0.29) is 5.92 Å². The summed E-state index contributed by atoms with van der Waals surface area (Å²) in [6, 6.07) is 22.4. The molecule has 8 rings (SSSR count). The number of aromatic nitrogens is 3. The van der Waals surface area contributed by atoms with Crippen LogP contribution in [0.15, 0.2) is 77.5 Å². The highest BCUT2D eigenvalue weighted by Gasteiger charge is 2.31. The molecule has 2 saturated heterocycles. The second-order valence-electron chi connectivity index (χ2n) is 14.8. The van der Waals surface area contributed by atoms with Crippen LogP contribution in [0.5, 0.6) is 0 Å². The molecule has 2 aliphatic heterocycles. The van der Waals surface area contributed by atoms with Gasteiger partial charge in [0.2, 0.25) is 5.89 Å². The van der Waals surface area contributed by atoms with Crippen LogP contribution in [0.2, 0.25) is 0 Å². The summed E-state index contributed by atoms with van der Waals surface area (Å²) in [5.41, 5.74) is 9.46. The van der Waals surface area contributed by atoms with Crippen molar-refractivity contribution in [2.75, 3.05) is 31.5 Å². The molecule has 53 heavy (non-hydrogen) atoms. The predicted octanol–water partition coefficient (Wildman–Crippen LogP) is 7.20. The Morgan fingerprint density at radius 3 is 2.53 bits per heavy atom. The number of aliphatic hydroxyl groups is 1. The van der Waals surface area contributed by atoms with Gasteiger partial charge in [-0.15, -0.1) is 0 Å². The molecule has 2 atom stereocenters. The number of nitriles is 1. The molecule has 0 spiro atoms. The molecule has 3 aromatic heterocycles. The number of carbonyl (C=O) groups is 1. The molecule has 0 aliphatic carbocycles. The van der Waals surface area contributed by atoms with Gasteiger partial charge in [0.15, 0.2) is 11.4 Å². The van der Waals surface area contributed by atoms with Crippen LogP contribution < -0.4 is 5.32 Å². The van der Waals surface area contributed by atoms with E-state index in [4.69, 9.17) is 14.4 Å². The zero-order valence-electron chi connectivity index (χ0n) is 30.1. The van der Waals surface area contributed by atoms with Gasteiger partial charge in [-0.1, -0.05) is 24.3 Å². The van der Waals surface area contributed by atoms with Gasteiger partial charge in [0.1, 0.15) is 17.1 Å². The summed E-state index contributed by atoms with van der Waals surface area (Å²) >= 11 is 0. The van der Waals surface area contributed by atoms with Crippen LogP contribution in [-0.4, -0.2) is 72.7 Å². The van der Waals surface area contributed by atoms with Crippen molar-refractivity contribution in [2.45, 2.75) is 52.3 Å². The molecule has 268 valence electrons. The SMILES string of the molecule is Cc1c(Nc2nccc3cc(CN4CC[C@@](C)(O)C4)cnc23)cccc1-c1cccc(-c2nc3cc(CN4CC[C@@H](C(=O)O)C4)cc(C#N)c3o2)c1C. The molecular weight excluding hydrogens is 667 g/mol. The molecular formula is C42H41N7O4. The van der Waals surface area contributed by atoms with Crippen molar-refractivity contribution in [3.63, 3.8) is 0 Å². The van der Waals surface area contributed by atoms with Gasteiger partial charge < -0.3 is 19.9 Å². The van der Waals surface area contributed by atoms with E-state index in [1.807, 2.05) is 55.6 Å². The highest BCUT2D eigenvalue weighted by Crippen LogP contribution is 2.38. The molecule has 5 heterocycles. The highest BCUT2D eigenvalue weighted by atomic mass is 16.4. The van der Waals surface area contributed by atoms with Crippen LogP contribution in [0.3, 0.4) is 0 Å². The van der Waals surface area contributed by atoms with Crippen LogP contribution in [0.4, 0.5) is 11.5 Å². The number of rotatable bonds is 9. The number of fused-ring (bicyclic) bond motifs is 2. The fourth-order valence-corrected chi connectivity index (χ4v) is 7.88. The summed E-state index contributed by atoms with van der Waals surface area (Å²) in [6.07, 6.45) is 5.09. The minimum Gasteiger partial charge on any atom is -0.481 e. The van der Waals surface area contributed by atoms with Crippen molar-refractivity contribution >= 4 is 39.5 Å². The first-order chi connectivity index (χ1) is 25.5. The number of anilines is 2. The predicted molar refractivity (Wildman–Crippen MR) is 203 cm³/mol. The maximum absolute atomic E-state index is 11.5. The molecule has 0 radical (unpaired) electrons. The van der Waals surface area contributed by atoms with Crippen molar-refractivity contribution in [3.8, 4) is 28.7 Å². The van der Waals surface area contributed by atoms with Gasteiger partial charge in [-0.3, -0.25) is 19.6 Å². The molecule has 11 heteroatoms. The van der Waals surface area contributed by atoms with E-state index in [9.17, 15) is 20.3 Å². The van der Waals surface area contributed by atoms with E-state index in [0.29, 0.717) is 61.0 Å². The summed E-state index contributed by atoms with van der Waals surface area (Å²) < 4.78 is 6.28. The number of β-amino-alcohol motifs (C(OH)–C–C–N with tert-alkyl or cyclic N) is 1. The van der Waals surface area contributed by atoms with E-state index in [1.54, 1.807) is 6.20 Å². The summed E-state index contributed by atoms with van der Waals surface area (Å²) in [5, 5.41) is 34.4. The first-order valence-corrected chi connectivity index (χ1v) is 18.0. The number of carboxylic acids is 1. The third-order valence-corrected chi connectivity index (χ3v) is 10.7. The summed E-state index contributed by atoms with van der Waals surface area (Å²) in [7, 11) is 0. The first-order valence-electron chi connectivity index (χ1n) is 18.0. The lowest BCUT2D eigenvalue weighted by molar-refractivity contribution is -0.141. The van der Waals surface area contributed by atoms with E-state index >= 15 is 0 Å². The summed E-state index contributed by atoms with van der Waals surface area (Å²) in [6.45, 7) is 10.0. The van der Waals surface area contributed by atoms with Crippen LogP contribution >= 0.6 is 0 Å². The smallest absolute Gasteiger partial charge is 0.307 e. The van der Waals surface area contributed by atoms with E-state index in [2.05, 4.69) is 58.2 Å². The molecule has 3 aromatic carbocycles. The van der Waals surface area contributed by atoms with Crippen molar-refractivity contribution in [1.82, 2.24) is 24.8 Å². The van der Waals surface area contributed by atoms with Gasteiger partial charge in [0, 0.05) is 61.8 Å². The largest absolute Gasteiger partial charge is 0.481 e. The van der Waals surface area contributed by atoms with Gasteiger partial charge in [-0.25, -0.2) is 9.97 Å². The van der Waals surface area contributed by atoms with Gasteiger partial charge in [0.05, 0.1) is 17.1 Å². The second-order valence-corrected chi connectivity index (χ2v) is 14.8. The molecule has 6 aromatic rings. The van der Waals surface area contributed by atoms with Crippen molar-refractivity contribution in [2.24, 2.45) is 5.92 Å². The molecule has 0 bridgehead atoms. The number of hydrogen-bond donors (Lipinski definition) is 3. The van der Waals surface area contributed by atoms with E-state index < -0.39 is 11.6 Å². The first kappa shape index (κ1) is 34.4. The number of pyridine rings is 2. The van der Waals surface area contributed by atoms with E-state index in [1.165, 1.54) is 0 Å². The standard InChI is InChI=1S/C42H41N7O4/c1-25-32(6-4-8-34(25)40-47-36-18-27(16-31(19-43)38(36)53-40)21-48-14-11-30(23-48)41(50)51)33-7-5-9-35(26(33)2)46-39-37-29(10-13-44-39)17-28(20-45-37)22-49-15-12-42(3,52)24-49/h4-10,13,16-18,20,30,52H,11-12,14-15,21-24H2,1-3H3,(H,44,46)(H,50,51)/t30-,42-/m1/s1. The topological polar surface area (TPSA) is 152 Å².